The Bertz CT molecular complexity index is 116. The molecule has 0 radical (unpaired) electrons. The average molecular weight is 125 g/mol. The lowest BCUT2D eigenvalue weighted by Crippen LogP contribution is -1.93. The largest absolute Gasteiger partial charge is 0.291 e. The molecule has 1 rings (SSSR count). The van der Waals surface area contributed by atoms with E-state index in [9.17, 15) is 0 Å². The fourth-order valence-corrected chi connectivity index (χ4v) is 1.28. The van der Waals surface area contributed by atoms with Gasteiger partial charge < -0.3 is 0 Å². The Balaban J connectivity index is 2.40. The number of aliphatic imine (C=N–C) groups is 1. The lowest BCUT2D eigenvalue weighted by molar-refractivity contribution is 0.649. The van der Waals surface area contributed by atoms with Crippen molar-refractivity contribution in [3.63, 3.8) is 0 Å². The van der Waals surface area contributed by atoms with Gasteiger partial charge in [-0.15, -0.1) is 0 Å². The standard InChI is InChI=1S/C8H15N/c1-3-7-5-6-8(4-2)9-7/h7H,3-6H2,1-2H3. The predicted octanol–water partition coefficient (Wildman–Crippen LogP) is 2.41. The van der Waals surface area contributed by atoms with Gasteiger partial charge in [0.25, 0.3) is 0 Å². The Morgan fingerprint density at radius 1 is 1.56 bits per heavy atom. The van der Waals surface area contributed by atoms with Gasteiger partial charge in [-0.05, 0) is 25.7 Å². The molecule has 0 amide bonds. The van der Waals surface area contributed by atoms with Gasteiger partial charge in [0.05, 0.1) is 0 Å². The van der Waals surface area contributed by atoms with Crippen LogP contribution in [-0.2, 0) is 0 Å². The monoisotopic (exact) mass is 125 g/mol. The molecular weight excluding hydrogens is 110 g/mol. The first kappa shape index (κ1) is 6.79. The number of rotatable bonds is 2. The topological polar surface area (TPSA) is 12.4 Å². The van der Waals surface area contributed by atoms with Crippen LogP contribution in [0.2, 0.25) is 0 Å². The van der Waals surface area contributed by atoms with Gasteiger partial charge in [0.15, 0.2) is 0 Å². The molecule has 0 fully saturated rings. The summed E-state index contributed by atoms with van der Waals surface area (Å²) in [6.45, 7) is 4.41. The average Bonchev–Trinajstić information content (AvgIpc) is 2.34. The van der Waals surface area contributed by atoms with Crippen molar-refractivity contribution in [3.8, 4) is 0 Å². The molecule has 52 valence electrons. The summed E-state index contributed by atoms with van der Waals surface area (Å²) in [4.78, 5) is 4.54. The molecule has 0 N–H and O–H groups in total. The molecule has 1 nitrogen and oxygen atoms in total. The van der Waals surface area contributed by atoms with E-state index < -0.39 is 0 Å². The molecule has 1 heteroatoms. The van der Waals surface area contributed by atoms with Crippen molar-refractivity contribution in [2.45, 2.75) is 45.6 Å². The van der Waals surface area contributed by atoms with E-state index in [1.54, 1.807) is 0 Å². The van der Waals surface area contributed by atoms with Crippen LogP contribution in [0.25, 0.3) is 0 Å². The minimum absolute atomic E-state index is 0.667. The highest BCUT2D eigenvalue weighted by molar-refractivity contribution is 5.85. The Morgan fingerprint density at radius 3 is 2.67 bits per heavy atom. The quantitative estimate of drug-likeness (QED) is 0.537. The minimum Gasteiger partial charge on any atom is -0.291 e. The van der Waals surface area contributed by atoms with E-state index >= 15 is 0 Å². The normalized spacial score (nSPS) is 26.4. The highest BCUT2D eigenvalue weighted by atomic mass is 14.8. The second-order valence-corrected chi connectivity index (χ2v) is 2.65. The summed E-state index contributed by atoms with van der Waals surface area (Å²) in [5.74, 6) is 0. The van der Waals surface area contributed by atoms with Crippen molar-refractivity contribution in [1.29, 1.82) is 0 Å². The smallest absolute Gasteiger partial charge is 0.0500 e. The van der Waals surface area contributed by atoms with Gasteiger partial charge in [0, 0.05) is 11.8 Å². The molecule has 9 heavy (non-hydrogen) atoms. The van der Waals surface area contributed by atoms with Crippen molar-refractivity contribution in [1.82, 2.24) is 0 Å². The van der Waals surface area contributed by atoms with E-state index in [2.05, 4.69) is 18.8 Å². The maximum atomic E-state index is 4.54. The SMILES string of the molecule is CCC1=NC(CC)CC1. The van der Waals surface area contributed by atoms with Crippen molar-refractivity contribution in [3.05, 3.63) is 0 Å². The molecule has 0 aromatic carbocycles. The molecule has 1 aliphatic rings. The summed E-state index contributed by atoms with van der Waals surface area (Å²) in [6.07, 6.45) is 4.95. The third-order valence-corrected chi connectivity index (χ3v) is 2.01. The predicted molar refractivity (Wildman–Crippen MR) is 41.0 cm³/mol. The van der Waals surface area contributed by atoms with Crippen molar-refractivity contribution >= 4 is 5.71 Å². The molecule has 0 saturated carbocycles. The summed E-state index contributed by atoms with van der Waals surface area (Å²) in [6, 6.07) is 0.667. The first-order valence-electron chi connectivity index (χ1n) is 3.92. The fourth-order valence-electron chi connectivity index (χ4n) is 1.28. The number of nitrogens with zero attached hydrogens (tertiary/aromatic N) is 1. The lowest BCUT2D eigenvalue weighted by Gasteiger charge is -1.97. The molecule has 1 unspecified atom stereocenters. The highest BCUT2D eigenvalue weighted by Crippen LogP contribution is 2.16. The van der Waals surface area contributed by atoms with Crippen molar-refractivity contribution in [2.24, 2.45) is 4.99 Å². The Hall–Kier alpha value is -0.330. The number of hydrogen-bond donors (Lipinski definition) is 0. The van der Waals surface area contributed by atoms with Crippen molar-refractivity contribution < 1.29 is 0 Å². The first-order valence-corrected chi connectivity index (χ1v) is 3.92. The maximum Gasteiger partial charge on any atom is 0.0500 e. The molecule has 0 saturated heterocycles. The van der Waals surface area contributed by atoms with Gasteiger partial charge in [0.2, 0.25) is 0 Å². The van der Waals surface area contributed by atoms with Gasteiger partial charge in [-0.3, -0.25) is 4.99 Å². The summed E-state index contributed by atoms with van der Waals surface area (Å²) in [5, 5.41) is 0. The van der Waals surface area contributed by atoms with Gasteiger partial charge in [-0.25, -0.2) is 0 Å². The molecule has 0 aliphatic carbocycles. The van der Waals surface area contributed by atoms with Gasteiger partial charge in [-0.1, -0.05) is 13.8 Å². The van der Waals surface area contributed by atoms with Crippen LogP contribution < -0.4 is 0 Å². The molecule has 0 aromatic rings. The summed E-state index contributed by atoms with van der Waals surface area (Å²) in [5.41, 5.74) is 1.43. The Morgan fingerprint density at radius 2 is 2.33 bits per heavy atom. The summed E-state index contributed by atoms with van der Waals surface area (Å²) in [7, 11) is 0. The van der Waals surface area contributed by atoms with Crippen LogP contribution in [0.15, 0.2) is 4.99 Å². The van der Waals surface area contributed by atoms with Crippen LogP contribution in [0.3, 0.4) is 0 Å². The van der Waals surface area contributed by atoms with Crippen LogP contribution >= 0.6 is 0 Å². The zero-order valence-electron chi connectivity index (χ0n) is 6.35. The fraction of sp³-hybridized carbons (Fsp3) is 0.875. The zero-order valence-corrected chi connectivity index (χ0v) is 6.35. The molecule has 1 aliphatic heterocycles. The van der Waals surface area contributed by atoms with Gasteiger partial charge in [0.1, 0.15) is 0 Å². The minimum atomic E-state index is 0.667. The highest BCUT2D eigenvalue weighted by Gasteiger charge is 2.12. The van der Waals surface area contributed by atoms with E-state index in [-0.39, 0.29) is 0 Å². The Kier molecular flexibility index (Phi) is 2.26. The molecular formula is C8H15N. The van der Waals surface area contributed by atoms with E-state index in [1.165, 1.54) is 25.0 Å². The zero-order chi connectivity index (χ0) is 6.69. The second-order valence-electron chi connectivity index (χ2n) is 2.65. The molecule has 0 spiro atoms. The third-order valence-electron chi connectivity index (χ3n) is 2.01. The first-order chi connectivity index (χ1) is 4.36. The van der Waals surface area contributed by atoms with Crippen LogP contribution in [0.5, 0.6) is 0 Å². The van der Waals surface area contributed by atoms with Crippen LogP contribution in [0, 0.1) is 0 Å². The summed E-state index contributed by atoms with van der Waals surface area (Å²) < 4.78 is 0. The van der Waals surface area contributed by atoms with Gasteiger partial charge >= 0.3 is 0 Å². The third kappa shape index (κ3) is 1.54. The van der Waals surface area contributed by atoms with Crippen molar-refractivity contribution in [2.75, 3.05) is 0 Å². The van der Waals surface area contributed by atoms with E-state index in [4.69, 9.17) is 0 Å². The van der Waals surface area contributed by atoms with Crippen LogP contribution in [0.1, 0.15) is 39.5 Å². The lowest BCUT2D eigenvalue weighted by atomic mass is 10.1. The van der Waals surface area contributed by atoms with E-state index in [0.717, 1.165) is 6.42 Å². The van der Waals surface area contributed by atoms with Gasteiger partial charge in [-0.2, -0.15) is 0 Å². The molecule has 0 bridgehead atoms. The molecule has 1 atom stereocenters. The summed E-state index contributed by atoms with van der Waals surface area (Å²) >= 11 is 0. The van der Waals surface area contributed by atoms with Crippen LogP contribution in [-0.4, -0.2) is 11.8 Å². The molecule has 1 heterocycles. The molecule has 0 aromatic heterocycles. The Labute approximate surface area is 57.2 Å². The maximum absolute atomic E-state index is 4.54. The van der Waals surface area contributed by atoms with E-state index in [0.29, 0.717) is 6.04 Å². The second kappa shape index (κ2) is 3.00. The number of hydrogen-bond acceptors (Lipinski definition) is 1. The van der Waals surface area contributed by atoms with Crippen LogP contribution in [0.4, 0.5) is 0 Å². The van der Waals surface area contributed by atoms with E-state index in [1.807, 2.05) is 0 Å².